The fourth-order valence-corrected chi connectivity index (χ4v) is 5.27. The lowest BCUT2D eigenvalue weighted by molar-refractivity contribution is 0.0919. The van der Waals surface area contributed by atoms with Gasteiger partial charge in [0.15, 0.2) is 29.7 Å². The van der Waals surface area contributed by atoms with Crippen molar-refractivity contribution in [2.24, 2.45) is 0 Å². The van der Waals surface area contributed by atoms with Crippen molar-refractivity contribution in [3.8, 4) is 23.0 Å². The summed E-state index contributed by atoms with van der Waals surface area (Å²) in [4.78, 5) is 15.8. The van der Waals surface area contributed by atoms with Crippen LogP contribution in [0, 0.1) is 0 Å². The van der Waals surface area contributed by atoms with E-state index in [9.17, 15) is 4.79 Å². The van der Waals surface area contributed by atoms with E-state index in [0.29, 0.717) is 59.3 Å². The van der Waals surface area contributed by atoms with Gasteiger partial charge in [-0.2, -0.15) is 0 Å². The summed E-state index contributed by atoms with van der Waals surface area (Å²) in [5.41, 5.74) is 5.13. The number of methoxy groups -OCH3 is 4. The Kier molecular flexibility index (Phi) is 5.57. The first kappa shape index (κ1) is 22.1. The summed E-state index contributed by atoms with van der Waals surface area (Å²) in [6.07, 6.45) is 0. The zero-order chi connectivity index (χ0) is 23.9. The number of rotatable bonds is 7. The number of ketones is 1. The van der Waals surface area contributed by atoms with Crippen LogP contribution in [0.15, 0.2) is 54.6 Å². The summed E-state index contributed by atoms with van der Waals surface area (Å²) in [7, 11) is 6.57. The predicted molar refractivity (Wildman–Crippen MR) is 131 cm³/mol. The smallest absolute Gasteiger partial charge is 0.217 e. The fraction of sp³-hybridized carbons (Fsp3) is 0.296. The molecule has 7 nitrogen and oxygen atoms in total. The molecular formula is C27H29N2O5+. The molecule has 5 rings (SSSR count). The van der Waals surface area contributed by atoms with E-state index in [2.05, 4.69) is 4.90 Å². The third kappa shape index (κ3) is 3.53. The average Bonchev–Trinajstić information content (AvgIpc) is 2.87. The second-order valence-electron chi connectivity index (χ2n) is 8.76. The molecular weight excluding hydrogens is 432 g/mol. The van der Waals surface area contributed by atoms with E-state index in [4.69, 9.17) is 18.9 Å². The molecule has 7 heteroatoms. The van der Waals surface area contributed by atoms with Crippen LogP contribution in [0.4, 0.5) is 11.4 Å². The molecule has 0 aromatic heterocycles. The molecule has 0 radical (unpaired) electrons. The number of benzene rings is 3. The molecule has 1 unspecified atom stereocenters. The SMILES string of the molecule is COc1cc2c(cc1OC)N1Cc3cc(OC)c(OC)cc3[N+](CC(=O)c3ccccc3)(C2)C1. The van der Waals surface area contributed by atoms with Gasteiger partial charge in [0, 0.05) is 28.8 Å². The average molecular weight is 462 g/mol. The van der Waals surface area contributed by atoms with Gasteiger partial charge >= 0.3 is 0 Å². The molecule has 176 valence electrons. The number of fused-ring (bicyclic) bond motifs is 6. The first-order valence-corrected chi connectivity index (χ1v) is 11.2. The number of carbonyl (C=O) groups excluding carboxylic acids is 1. The van der Waals surface area contributed by atoms with Crippen LogP contribution < -0.4 is 28.3 Å². The minimum atomic E-state index is 0.104. The summed E-state index contributed by atoms with van der Waals surface area (Å²) < 4.78 is 22.9. The molecule has 0 saturated carbocycles. The highest BCUT2D eigenvalue weighted by molar-refractivity contribution is 5.99. The predicted octanol–water partition coefficient (Wildman–Crippen LogP) is 4.40. The third-order valence-electron chi connectivity index (χ3n) is 6.84. The molecule has 2 aliphatic heterocycles. The standard InChI is InChI=1S/C27H29N2O5/c1-31-24-10-19-14-28-17-29(22(19)13-27(24)34-4,16-23(30)18-8-6-5-7-9-18)15-20-11-25(32-2)26(33-3)12-21(20)28/h5-13H,14-17H2,1-4H3/q+1. The number of carbonyl (C=O) groups is 1. The molecule has 0 aliphatic carbocycles. The Morgan fingerprint density at radius 3 is 2.06 bits per heavy atom. The summed E-state index contributed by atoms with van der Waals surface area (Å²) in [6.45, 7) is 2.34. The maximum absolute atomic E-state index is 13.5. The van der Waals surface area contributed by atoms with Crippen LogP contribution in [0.5, 0.6) is 23.0 Å². The molecule has 0 spiro atoms. The Bertz CT molecular complexity index is 1240. The van der Waals surface area contributed by atoms with Gasteiger partial charge in [-0.15, -0.1) is 0 Å². The Morgan fingerprint density at radius 1 is 0.824 bits per heavy atom. The van der Waals surface area contributed by atoms with Crippen molar-refractivity contribution in [1.82, 2.24) is 4.48 Å². The summed E-state index contributed by atoms with van der Waals surface area (Å²) in [5, 5.41) is 0. The van der Waals surface area contributed by atoms with Crippen LogP contribution in [-0.2, 0) is 13.1 Å². The first-order valence-electron chi connectivity index (χ1n) is 11.2. The van der Waals surface area contributed by atoms with Crippen molar-refractivity contribution in [3.63, 3.8) is 0 Å². The Morgan fingerprint density at radius 2 is 1.41 bits per heavy atom. The van der Waals surface area contributed by atoms with Crippen molar-refractivity contribution in [1.29, 1.82) is 0 Å². The van der Waals surface area contributed by atoms with Crippen LogP contribution in [0.25, 0.3) is 0 Å². The molecule has 3 aromatic carbocycles. The third-order valence-corrected chi connectivity index (χ3v) is 6.84. The van der Waals surface area contributed by atoms with Crippen LogP contribution in [0.2, 0.25) is 0 Å². The summed E-state index contributed by atoms with van der Waals surface area (Å²) in [5.74, 6) is 2.83. The summed E-state index contributed by atoms with van der Waals surface area (Å²) in [6, 6.07) is 17.6. The van der Waals surface area contributed by atoms with Crippen molar-refractivity contribution >= 4 is 17.2 Å². The highest BCUT2D eigenvalue weighted by atomic mass is 16.5. The molecule has 1 atom stereocenters. The van der Waals surface area contributed by atoms with Crippen LogP contribution in [0.3, 0.4) is 0 Å². The van der Waals surface area contributed by atoms with Gasteiger partial charge in [-0.25, -0.2) is 0 Å². The summed E-state index contributed by atoms with van der Waals surface area (Å²) >= 11 is 0. The zero-order valence-corrected chi connectivity index (χ0v) is 20.0. The lowest BCUT2D eigenvalue weighted by Crippen LogP contribution is -2.62. The van der Waals surface area contributed by atoms with Gasteiger partial charge in [0.05, 0.1) is 40.7 Å². The highest BCUT2D eigenvalue weighted by Gasteiger charge is 2.46. The van der Waals surface area contributed by atoms with E-state index in [1.807, 2.05) is 54.6 Å². The van der Waals surface area contributed by atoms with Crippen molar-refractivity contribution in [2.45, 2.75) is 13.1 Å². The largest absolute Gasteiger partial charge is 0.493 e. The number of hydrogen-bond acceptors (Lipinski definition) is 6. The van der Waals surface area contributed by atoms with Gasteiger partial charge in [0.2, 0.25) is 5.78 Å². The maximum Gasteiger partial charge on any atom is 0.217 e. The number of nitrogens with zero attached hydrogens (tertiary/aromatic N) is 2. The van der Waals surface area contributed by atoms with Crippen LogP contribution in [0.1, 0.15) is 21.5 Å². The number of anilines is 1. The molecule has 0 amide bonds. The van der Waals surface area contributed by atoms with Gasteiger partial charge in [-0.3, -0.25) is 9.28 Å². The molecule has 34 heavy (non-hydrogen) atoms. The molecule has 2 aliphatic rings. The maximum atomic E-state index is 13.5. The van der Waals surface area contributed by atoms with Gasteiger partial charge in [0.1, 0.15) is 18.8 Å². The lowest BCUT2D eigenvalue weighted by atomic mass is 9.96. The van der Waals surface area contributed by atoms with Crippen molar-refractivity contribution in [2.75, 3.05) is 46.6 Å². The minimum absolute atomic E-state index is 0.104. The van der Waals surface area contributed by atoms with Crippen LogP contribution in [-0.4, -0.2) is 47.4 Å². The first-order chi connectivity index (χ1) is 16.5. The molecule has 2 heterocycles. The van der Waals surface area contributed by atoms with E-state index in [1.165, 1.54) is 0 Å². The van der Waals surface area contributed by atoms with E-state index < -0.39 is 0 Å². The monoisotopic (exact) mass is 461 g/mol. The molecule has 2 bridgehead atoms. The number of Topliss-reactive ketones (excluding diaryl/α,β-unsaturated/α-hetero) is 1. The van der Waals surface area contributed by atoms with E-state index in [1.54, 1.807) is 28.4 Å². The molecule has 3 aromatic rings. The normalized spacial score (nSPS) is 17.9. The number of quaternary nitrogens is 1. The van der Waals surface area contributed by atoms with Gasteiger partial charge in [-0.1, -0.05) is 30.3 Å². The minimum Gasteiger partial charge on any atom is -0.493 e. The zero-order valence-electron chi connectivity index (χ0n) is 20.0. The van der Waals surface area contributed by atoms with Gasteiger partial charge < -0.3 is 23.8 Å². The second kappa shape index (κ2) is 8.57. The lowest BCUT2D eigenvalue weighted by Gasteiger charge is -2.50. The molecule has 0 fully saturated rings. The Balaban J connectivity index is 1.67. The molecule has 0 saturated heterocycles. The Hall–Kier alpha value is -3.71. The van der Waals surface area contributed by atoms with E-state index in [0.717, 1.165) is 22.5 Å². The van der Waals surface area contributed by atoms with Gasteiger partial charge in [-0.05, 0) is 12.1 Å². The second-order valence-corrected chi connectivity index (χ2v) is 8.76. The van der Waals surface area contributed by atoms with E-state index in [-0.39, 0.29) is 5.78 Å². The van der Waals surface area contributed by atoms with Crippen molar-refractivity contribution < 1.29 is 23.7 Å². The fourth-order valence-electron chi connectivity index (χ4n) is 5.27. The number of hydrogen-bond donors (Lipinski definition) is 0. The quantitative estimate of drug-likeness (QED) is 0.384. The number of ether oxygens (including phenoxy) is 4. The highest BCUT2D eigenvalue weighted by Crippen LogP contribution is 2.49. The van der Waals surface area contributed by atoms with E-state index >= 15 is 0 Å². The van der Waals surface area contributed by atoms with Gasteiger partial charge in [0.25, 0.3) is 0 Å². The van der Waals surface area contributed by atoms with Crippen molar-refractivity contribution in [3.05, 3.63) is 71.3 Å². The van der Waals surface area contributed by atoms with Crippen LogP contribution >= 0.6 is 0 Å². The Labute approximate surface area is 199 Å². The topological polar surface area (TPSA) is 57.2 Å². The molecule has 0 N–H and O–H groups in total.